The molecule has 0 N–H and O–H groups in total. The Morgan fingerprint density at radius 2 is 1.75 bits per heavy atom. The predicted octanol–water partition coefficient (Wildman–Crippen LogP) is 5.63. The number of ether oxygens (including phenoxy) is 2. The van der Waals surface area contributed by atoms with Gasteiger partial charge < -0.3 is 9.47 Å². The molecule has 32 heavy (non-hydrogen) atoms. The van der Waals surface area contributed by atoms with Crippen molar-refractivity contribution in [3.63, 3.8) is 0 Å². The number of carbonyl (C=O) groups excluding carboxylic acids is 2. The highest BCUT2D eigenvalue weighted by Crippen LogP contribution is 2.49. The van der Waals surface area contributed by atoms with E-state index in [1.165, 1.54) is 6.08 Å². The Balaban J connectivity index is 1.56. The molecule has 0 aromatic heterocycles. The lowest BCUT2D eigenvalue weighted by atomic mass is 9.74. The first-order valence-electron chi connectivity index (χ1n) is 10.6. The van der Waals surface area contributed by atoms with Crippen LogP contribution in [0, 0.1) is 5.92 Å². The summed E-state index contributed by atoms with van der Waals surface area (Å²) in [4.78, 5) is 24.4. The van der Waals surface area contributed by atoms with Crippen molar-refractivity contribution in [1.29, 1.82) is 0 Å². The molecule has 3 aromatic rings. The molecule has 0 bridgehead atoms. The predicted molar refractivity (Wildman–Crippen MR) is 122 cm³/mol. The minimum Gasteiger partial charge on any atom is -0.489 e. The van der Waals surface area contributed by atoms with Gasteiger partial charge in [0.25, 0.3) is 0 Å². The lowest BCUT2D eigenvalue weighted by molar-refractivity contribution is -0.110. The van der Waals surface area contributed by atoms with E-state index in [4.69, 9.17) is 9.47 Å². The molecule has 2 atom stereocenters. The maximum absolute atomic E-state index is 12.4. The highest BCUT2D eigenvalue weighted by molar-refractivity contribution is 6.01. The fourth-order valence-electron chi connectivity index (χ4n) is 4.41. The summed E-state index contributed by atoms with van der Waals surface area (Å²) >= 11 is 0. The van der Waals surface area contributed by atoms with Crippen LogP contribution in [0.25, 0.3) is 0 Å². The number of hydrogen-bond donors (Lipinski definition) is 0. The van der Waals surface area contributed by atoms with E-state index in [-0.39, 0.29) is 23.4 Å². The molecule has 0 spiro atoms. The van der Waals surface area contributed by atoms with Crippen LogP contribution >= 0.6 is 0 Å². The summed E-state index contributed by atoms with van der Waals surface area (Å²) in [6.07, 6.45) is 4.99. The van der Waals surface area contributed by atoms with E-state index in [9.17, 15) is 9.59 Å². The first-order valence-corrected chi connectivity index (χ1v) is 10.6. The molecule has 4 heteroatoms. The topological polar surface area (TPSA) is 52.6 Å². The first-order chi connectivity index (χ1) is 15.6. The average Bonchev–Trinajstić information content (AvgIpc) is 2.81. The van der Waals surface area contributed by atoms with Crippen LogP contribution in [-0.2, 0) is 11.4 Å². The van der Waals surface area contributed by atoms with Crippen molar-refractivity contribution in [1.82, 2.24) is 0 Å². The molecule has 0 saturated carbocycles. The third kappa shape index (κ3) is 3.76. The van der Waals surface area contributed by atoms with E-state index in [0.29, 0.717) is 29.4 Å². The monoisotopic (exact) mass is 422 g/mol. The minimum atomic E-state index is -0.156. The molecule has 0 radical (unpaired) electrons. The molecule has 1 heterocycles. The second kappa shape index (κ2) is 8.31. The van der Waals surface area contributed by atoms with E-state index < -0.39 is 0 Å². The Morgan fingerprint density at radius 1 is 0.969 bits per heavy atom. The van der Waals surface area contributed by atoms with Gasteiger partial charge in [-0.15, -0.1) is 0 Å². The zero-order valence-corrected chi connectivity index (χ0v) is 17.7. The van der Waals surface area contributed by atoms with Crippen molar-refractivity contribution in [2.24, 2.45) is 5.92 Å². The molecular formula is C28H22O4. The fourth-order valence-corrected chi connectivity index (χ4v) is 4.41. The Hall–Kier alpha value is -3.92. The van der Waals surface area contributed by atoms with Gasteiger partial charge in [0.05, 0.1) is 0 Å². The molecule has 2 aliphatic rings. The summed E-state index contributed by atoms with van der Waals surface area (Å²) in [7, 11) is 0. The van der Waals surface area contributed by atoms with Crippen molar-refractivity contribution in [3.05, 3.63) is 119 Å². The van der Waals surface area contributed by atoms with E-state index in [0.717, 1.165) is 16.7 Å². The van der Waals surface area contributed by atoms with Crippen LogP contribution in [0.1, 0.15) is 39.9 Å². The molecule has 1 aliphatic heterocycles. The first kappa shape index (κ1) is 20.0. The summed E-state index contributed by atoms with van der Waals surface area (Å²) in [5.74, 6) is 1.53. The van der Waals surface area contributed by atoms with Gasteiger partial charge in [-0.25, -0.2) is 0 Å². The number of allylic oxidation sites excluding steroid dienone is 3. The second-order valence-electron chi connectivity index (χ2n) is 8.03. The standard InChI is InChI=1S/C28H22O4/c1-18(29)22-9-5-6-10-23(22)28-24-13-11-20(30)15-26(24)32-27-16-21(12-14-25(27)28)31-17-19-7-3-2-4-8-19/h2-16,24,28H,17H2,1H3. The Bertz CT molecular complexity index is 1250. The van der Waals surface area contributed by atoms with Crippen LogP contribution in [0.5, 0.6) is 11.5 Å². The summed E-state index contributed by atoms with van der Waals surface area (Å²) in [6.45, 7) is 2.03. The van der Waals surface area contributed by atoms with Gasteiger partial charge in [-0.3, -0.25) is 9.59 Å². The summed E-state index contributed by atoms with van der Waals surface area (Å²) in [5.41, 5.74) is 3.65. The molecule has 0 fully saturated rings. The van der Waals surface area contributed by atoms with Crippen LogP contribution in [0.3, 0.4) is 0 Å². The minimum absolute atomic E-state index is 0.0119. The summed E-state index contributed by atoms with van der Waals surface area (Å²) in [6, 6.07) is 23.4. The molecule has 1 aliphatic carbocycles. The van der Waals surface area contributed by atoms with Crippen LogP contribution < -0.4 is 9.47 Å². The Kier molecular flexibility index (Phi) is 5.20. The van der Waals surface area contributed by atoms with E-state index in [2.05, 4.69) is 0 Å². The molecule has 0 saturated heterocycles. The molecule has 3 aromatic carbocycles. The van der Waals surface area contributed by atoms with Gasteiger partial charge in [0, 0.05) is 35.1 Å². The highest BCUT2D eigenvalue weighted by Gasteiger charge is 2.37. The van der Waals surface area contributed by atoms with Crippen molar-refractivity contribution in [2.75, 3.05) is 0 Å². The molecular weight excluding hydrogens is 400 g/mol. The van der Waals surface area contributed by atoms with Gasteiger partial charge in [0.2, 0.25) is 0 Å². The number of hydrogen-bond acceptors (Lipinski definition) is 4. The van der Waals surface area contributed by atoms with Gasteiger partial charge in [-0.1, -0.05) is 66.7 Å². The van der Waals surface area contributed by atoms with Crippen LogP contribution in [0.4, 0.5) is 0 Å². The van der Waals surface area contributed by atoms with Crippen molar-refractivity contribution < 1.29 is 19.1 Å². The van der Waals surface area contributed by atoms with Crippen LogP contribution in [-0.4, -0.2) is 11.6 Å². The van der Waals surface area contributed by atoms with Gasteiger partial charge in [0.15, 0.2) is 11.6 Å². The lowest BCUT2D eigenvalue weighted by Crippen LogP contribution is -2.27. The largest absolute Gasteiger partial charge is 0.489 e. The van der Waals surface area contributed by atoms with Gasteiger partial charge in [-0.2, -0.15) is 0 Å². The highest BCUT2D eigenvalue weighted by atomic mass is 16.5. The Morgan fingerprint density at radius 3 is 2.56 bits per heavy atom. The number of benzene rings is 3. The van der Waals surface area contributed by atoms with Crippen molar-refractivity contribution in [2.45, 2.75) is 19.4 Å². The number of fused-ring (bicyclic) bond motifs is 2. The van der Waals surface area contributed by atoms with Gasteiger partial charge >= 0.3 is 0 Å². The second-order valence-corrected chi connectivity index (χ2v) is 8.03. The van der Waals surface area contributed by atoms with Crippen LogP contribution in [0.2, 0.25) is 0 Å². The maximum atomic E-state index is 12.4. The van der Waals surface area contributed by atoms with Crippen molar-refractivity contribution >= 4 is 11.6 Å². The Labute approximate surface area is 186 Å². The number of carbonyl (C=O) groups is 2. The molecule has 5 rings (SSSR count). The summed E-state index contributed by atoms with van der Waals surface area (Å²) < 4.78 is 12.2. The number of ketones is 2. The SMILES string of the molecule is CC(=O)c1ccccc1C1c2ccc(OCc3ccccc3)cc2OC2=CC(=O)C=CC21. The average molecular weight is 422 g/mol. The normalized spacial score (nSPS) is 18.8. The van der Waals surface area contributed by atoms with Crippen LogP contribution in [0.15, 0.2) is 96.8 Å². The fraction of sp³-hybridized carbons (Fsp3) is 0.143. The summed E-state index contributed by atoms with van der Waals surface area (Å²) in [5, 5.41) is 0. The third-order valence-electron chi connectivity index (χ3n) is 5.91. The smallest absolute Gasteiger partial charge is 0.181 e. The van der Waals surface area contributed by atoms with Crippen molar-refractivity contribution in [3.8, 4) is 11.5 Å². The number of Topliss-reactive ketones (excluding diaryl/α,β-unsaturated/α-hetero) is 1. The molecule has 158 valence electrons. The molecule has 0 amide bonds. The van der Waals surface area contributed by atoms with E-state index in [1.54, 1.807) is 13.0 Å². The zero-order chi connectivity index (χ0) is 22.1. The van der Waals surface area contributed by atoms with E-state index >= 15 is 0 Å². The molecule has 2 unspecified atom stereocenters. The van der Waals surface area contributed by atoms with E-state index in [1.807, 2.05) is 78.9 Å². The van der Waals surface area contributed by atoms with Gasteiger partial charge in [-0.05, 0) is 30.2 Å². The third-order valence-corrected chi connectivity index (χ3v) is 5.91. The number of rotatable bonds is 5. The lowest BCUT2D eigenvalue weighted by Gasteiger charge is -2.36. The van der Waals surface area contributed by atoms with Gasteiger partial charge in [0.1, 0.15) is 23.9 Å². The zero-order valence-electron chi connectivity index (χ0n) is 17.7. The quantitative estimate of drug-likeness (QED) is 0.500. The maximum Gasteiger partial charge on any atom is 0.181 e. The molecule has 4 nitrogen and oxygen atoms in total.